The van der Waals surface area contributed by atoms with Gasteiger partial charge in [-0.25, -0.2) is 4.98 Å². The summed E-state index contributed by atoms with van der Waals surface area (Å²) in [5, 5.41) is 2.84. The number of aromatic nitrogens is 2. The molecule has 2 rings (SSSR count). The van der Waals surface area contributed by atoms with Crippen LogP contribution in [0.4, 0.5) is 5.69 Å². The van der Waals surface area contributed by atoms with Gasteiger partial charge < -0.3 is 9.72 Å². The standard InChI is InChI=1S/C11H13N3O/c1-2-3-11(15)13-9-4-5-10-12-6-7-14(10)8-9/h4-8H,2-3H2,1H3,(H,13,15). The summed E-state index contributed by atoms with van der Waals surface area (Å²) in [5.74, 6) is 0.0527. The van der Waals surface area contributed by atoms with Crippen molar-refractivity contribution in [3.8, 4) is 0 Å². The van der Waals surface area contributed by atoms with E-state index in [0.29, 0.717) is 6.42 Å². The quantitative estimate of drug-likeness (QED) is 0.830. The van der Waals surface area contributed by atoms with Crippen molar-refractivity contribution in [3.05, 3.63) is 30.7 Å². The van der Waals surface area contributed by atoms with Crippen LogP contribution in [-0.4, -0.2) is 15.3 Å². The van der Waals surface area contributed by atoms with E-state index in [1.54, 1.807) is 6.20 Å². The van der Waals surface area contributed by atoms with Crippen molar-refractivity contribution in [2.24, 2.45) is 0 Å². The van der Waals surface area contributed by atoms with Gasteiger partial charge in [0.05, 0.1) is 5.69 Å². The number of hydrogen-bond donors (Lipinski definition) is 1. The minimum atomic E-state index is 0.0527. The topological polar surface area (TPSA) is 46.4 Å². The van der Waals surface area contributed by atoms with Gasteiger partial charge in [0.2, 0.25) is 5.91 Å². The number of hydrogen-bond acceptors (Lipinski definition) is 2. The predicted octanol–water partition coefficient (Wildman–Crippen LogP) is 2.07. The Hall–Kier alpha value is -1.84. The average molecular weight is 203 g/mol. The second kappa shape index (κ2) is 4.13. The van der Waals surface area contributed by atoms with E-state index in [2.05, 4.69) is 10.3 Å². The monoisotopic (exact) mass is 203 g/mol. The van der Waals surface area contributed by atoms with Crippen molar-refractivity contribution in [3.63, 3.8) is 0 Å². The Labute approximate surface area is 87.9 Å². The number of carbonyl (C=O) groups excluding carboxylic acids is 1. The van der Waals surface area contributed by atoms with Crippen LogP contribution in [-0.2, 0) is 4.79 Å². The van der Waals surface area contributed by atoms with E-state index in [1.807, 2.05) is 35.9 Å². The Kier molecular flexibility index (Phi) is 2.67. The zero-order valence-electron chi connectivity index (χ0n) is 8.60. The Morgan fingerprint density at radius 1 is 1.53 bits per heavy atom. The van der Waals surface area contributed by atoms with Crippen molar-refractivity contribution in [2.45, 2.75) is 19.8 Å². The maximum absolute atomic E-state index is 11.4. The highest BCUT2D eigenvalue weighted by Crippen LogP contribution is 2.10. The van der Waals surface area contributed by atoms with Crippen LogP contribution in [0.25, 0.3) is 5.65 Å². The molecular weight excluding hydrogens is 190 g/mol. The first-order chi connectivity index (χ1) is 7.29. The van der Waals surface area contributed by atoms with Gasteiger partial charge in [-0.1, -0.05) is 6.92 Å². The number of carbonyl (C=O) groups is 1. The molecule has 78 valence electrons. The number of fused-ring (bicyclic) bond motifs is 1. The van der Waals surface area contributed by atoms with Crippen molar-refractivity contribution in [1.82, 2.24) is 9.38 Å². The SMILES string of the molecule is CCCC(=O)Nc1ccc2nccn2c1. The van der Waals surface area contributed by atoms with Crippen molar-refractivity contribution < 1.29 is 4.79 Å². The third kappa shape index (κ3) is 2.15. The lowest BCUT2D eigenvalue weighted by Crippen LogP contribution is -2.10. The molecule has 0 saturated carbocycles. The molecule has 0 radical (unpaired) electrons. The highest BCUT2D eigenvalue weighted by molar-refractivity contribution is 5.90. The van der Waals surface area contributed by atoms with Gasteiger partial charge in [0.1, 0.15) is 5.65 Å². The lowest BCUT2D eigenvalue weighted by atomic mass is 10.3. The molecule has 15 heavy (non-hydrogen) atoms. The number of amides is 1. The summed E-state index contributed by atoms with van der Waals surface area (Å²) in [6, 6.07) is 3.73. The Balaban J connectivity index is 2.17. The fraction of sp³-hybridized carbons (Fsp3) is 0.273. The summed E-state index contributed by atoms with van der Waals surface area (Å²) in [7, 11) is 0. The van der Waals surface area contributed by atoms with E-state index in [-0.39, 0.29) is 5.91 Å². The molecule has 0 aromatic carbocycles. The highest BCUT2D eigenvalue weighted by atomic mass is 16.1. The molecule has 0 saturated heterocycles. The summed E-state index contributed by atoms with van der Waals surface area (Å²) >= 11 is 0. The maximum Gasteiger partial charge on any atom is 0.224 e. The van der Waals surface area contributed by atoms with Crippen LogP contribution in [0.1, 0.15) is 19.8 Å². The minimum absolute atomic E-state index is 0.0527. The first-order valence-electron chi connectivity index (χ1n) is 5.02. The van der Waals surface area contributed by atoms with E-state index in [4.69, 9.17) is 0 Å². The molecule has 2 aromatic heterocycles. The van der Waals surface area contributed by atoms with Crippen LogP contribution in [0.2, 0.25) is 0 Å². The molecule has 0 bridgehead atoms. The Bertz CT molecular complexity index is 475. The number of pyridine rings is 1. The first kappa shape index (κ1) is 9.71. The zero-order chi connectivity index (χ0) is 10.7. The van der Waals surface area contributed by atoms with E-state index < -0.39 is 0 Å². The molecular formula is C11H13N3O. The molecule has 0 aliphatic carbocycles. The summed E-state index contributed by atoms with van der Waals surface area (Å²) in [6.45, 7) is 1.98. The molecule has 4 nitrogen and oxygen atoms in total. The molecule has 0 atom stereocenters. The minimum Gasteiger partial charge on any atom is -0.325 e. The van der Waals surface area contributed by atoms with Gasteiger partial charge in [-0.05, 0) is 18.6 Å². The lowest BCUT2D eigenvalue weighted by molar-refractivity contribution is -0.116. The van der Waals surface area contributed by atoms with E-state index >= 15 is 0 Å². The second-order valence-electron chi connectivity index (χ2n) is 3.41. The third-order valence-electron chi connectivity index (χ3n) is 2.15. The number of anilines is 1. The molecule has 4 heteroatoms. The molecule has 1 N–H and O–H groups in total. The van der Waals surface area contributed by atoms with Crippen LogP contribution in [0.3, 0.4) is 0 Å². The van der Waals surface area contributed by atoms with Crippen molar-refractivity contribution >= 4 is 17.2 Å². The van der Waals surface area contributed by atoms with Crippen LogP contribution in [0.15, 0.2) is 30.7 Å². The smallest absolute Gasteiger partial charge is 0.224 e. The molecule has 0 spiro atoms. The first-order valence-corrected chi connectivity index (χ1v) is 5.02. The summed E-state index contributed by atoms with van der Waals surface area (Å²) in [4.78, 5) is 15.5. The summed E-state index contributed by atoms with van der Waals surface area (Å²) in [5.41, 5.74) is 1.68. The number of rotatable bonds is 3. The Morgan fingerprint density at radius 3 is 3.20 bits per heavy atom. The average Bonchev–Trinajstić information content (AvgIpc) is 2.65. The number of nitrogens with zero attached hydrogens (tertiary/aromatic N) is 2. The van der Waals surface area contributed by atoms with E-state index in [0.717, 1.165) is 17.8 Å². The van der Waals surface area contributed by atoms with Crippen LogP contribution < -0.4 is 5.32 Å². The van der Waals surface area contributed by atoms with Crippen molar-refractivity contribution in [1.29, 1.82) is 0 Å². The fourth-order valence-corrected chi connectivity index (χ4v) is 1.44. The van der Waals surface area contributed by atoms with Gasteiger partial charge >= 0.3 is 0 Å². The zero-order valence-corrected chi connectivity index (χ0v) is 8.60. The molecule has 1 amide bonds. The second-order valence-corrected chi connectivity index (χ2v) is 3.41. The van der Waals surface area contributed by atoms with Gasteiger partial charge in [-0.2, -0.15) is 0 Å². The predicted molar refractivity (Wildman–Crippen MR) is 58.7 cm³/mol. The van der Waals surface area contributed by atoms with Crippen LogP contribution >= 0.6 is 0 Å². The van der Waals surface area contributed by atoms with Gasteiger partial charge in [0.25, 0.3) is 0 Å². The van der Waals surface area contributed by atoms with Crippen molar-refractivity contribution in [2.75, 3.05) is 5.32 Å². The highest BCUT2D eigenvalue weighted by Gasteiger charge is 2.01. The number of nitrogens with one attached hydrogen (secondary N) is 1. The normalized spacial score (nSPS) is 10.5. The molecule has 0 fully saturated rings. The van der Waals surface area contributed by atoms with E-state index in [1.165, 1.54) is 0 Å². The van der Waals surface area contributed by atoms with Gasteiger partial charge in [0, 0.05) is 25.0 Å². The lowest BCUT2D eigenvalue weighted by Gasteiger charge is -2.04. The molecule has 0 aliphatic rings. The third-order valence-corrected chi connectivity index (χ3v) is 2.15. The Morgan fingerprint density at radius 2 is 2.40 bits per heavy atom. The largest absolute Gasteiger partial charge is 0.325 e. The summed E-state index contributed by atoms with van der Waals surface area (Å²) < 4.78 is 1.88. The fourth-order valence-electron chi connectivity index (χ4n) is 1.44. The summed E-state index contributed by atoms with van der Waals surface area (Å²) in [6.07, 6.45) is 6.86. The van der Waals surface area contributed by atoms with Crippen LogP contribution in [0.5, 0.6) is 0 Å². The van der Waals surface area contributed by atoms with Crippen LogP contribution in [0, 0.1) is 0 Å². The van der Waals surface area contributed by atoms with Gasteiger partial charge in [0.15, 0.2) is 0 Å². The molecule has 2 aromatic rings. The maximum atomic E-state index is 11.4. The molecule has 2 heterocycles. The van der Waals surface area contributed by atoms with Gasteiger partial charge in [-0.15, -0.1) is 0 Å². The molecule has 0 unspecified atom stereocenters. The number of imidazole rings is 1. The van der Waals surface area contributed by atoms with Gasteiger partial charge in [-0.3, -0.25) is 4.79 Å². The van der Waals surface area contributed by atoms with E-state index in [9.17, 15) is 4.79 Å². The molecule has 0 aliphatic heterocycles.